The molecule has 0 fully saturated rings. The molecule has 0 aromatic heterocycles. The molecule has 0 saturated carbocycles. The van der Waals surface area contributed by atoms with Gasteiger partial charge in [0.2, 0.25) is 0 Å². The largest absolute Gasteiger partial charge is 0.0616 e. The van der Waals surface area contributed by atoms with E-state index in [9.17, 15) is 0 Å². The molecule has 38 heavy (non-hydrogen) atoms. The predicted octanol–water partition coefficient (Wildman–Crippen LogP) is 10.7. The van der Waals surface area contributed by atoms with E-state index in [0.29, 0.717) is 0 Å². The summed E-state index contributed by atoms with van der Waals surface area (Å²) in [6.07, 6.45) is 4.38. The lowest BCUT2D eigenvalue weighted by Gasteiger charge is -2.12. The van der Waals surface area contributed by atoms with Crippen LogP contribution in [0.4, 0.5) is 0 Å². The maximum Gasteiger partial charge on any atom is -0.00268 e. The van der Waals surface area contributed by atoms with Gasteiger partial charge in [0.15, 0.2) is 0 Å². The van der Waals surface area contributed by atoms with E-state index in [2.05, 4.69) is 158 Å². The zero-order valence-corrected chi connectivity index (χ0v) is 21.0. The molecular formula is C38H26. The van der Waals surface area contributed by atoms with Crippen molar-refractivity contribution in [2.24, 2.45) is 0 Å². The van der Waals surface area contributed by atoms with Crippen molar-refractivity contribution in [1.29, 1.82) is 0 Å². The van der Waals surface area contributed by atoms with Crippen LogP contribution >= 0.6 is 0 Å². The van der Waals surface area contributed by atoms with Crippen molar-refractivity contribution in [1.82, 2.24) is 0 Å². The van der Waals surface area contributed by atoms with Gasteiger partial charge in [-0.1, -0.05) is 152 Å². The van der Waals surface area contributed by atoms with Crippen molar-refractivity contribution in [3.63, 3.8) is 0 Å². The molecule has 0 bridgehead atoms. The summed E-state index contributed by atoms with van der Waals surface area (Å²) in [6, 6.07) is 52.5. The zero-order chi connectivity index (χ0) is 25.3. The lowest BCUT2D eigenvalue weighted by molar-refractivity contribution is 1.62. The van der Waals surface area contributed by atoms with Crippen molar-refractivity contribution in [2.45, 2.75) is 0 Å². The van der Waals surface area contributed by atoms with Crippen LogP contribution in [-0.4, -0.2) is 0 Å². The molecule has 7 aromatic carbocycles. The van der Waals surface area contributed by atoms with Gasteiger partial charge in [0.05, 0.1) is 0 Å². The molecule has 7 rings (SSSR count). The van der Waals surface area contributed by atoms with Gasteiger partial charge in [-0.3, -0.25) is 0 Å². The Morgan fingerprint density at radius 2 is 0.816 bits per heavy atom. The first-order valence-corrected chi connectivity index (χ1v) is 13.1. The van der Waals surface area contributed by atoms with Crippen LogP contribution in [0.5, 0.6) is 0 Å². The summed E-state index contributed by atoms with van der Waals surface area (Å²) in [5.41, 5.74) is 7.45. The number of fused-ring (bicyclic) bond motifs is 3. The Balaban J connectivity index is 1.18. The standard InChI is InChI=1S/C38H26/c1-4-12-34-29(8-1)11-7-15-35(34)30-22-18-27(19-23-30)16-17-28-20-24-31(25-21-28)38-36-13-5-2-9-32(36)26-33-10-3-6-14-37(33)38/h1-26H/b17-16+. The number of hydrogen-bond acceptors (Lipinski definition) is 0. The Morgan fingerprint density at radius 3 is 1.42 bits per heavy atom. The van der Waals surface area contributed by atoms with Gasteiger partial charge < -0.3 is 0 Å². The van der Waals surface area contributed by atoms with Crippen molar-refractivity contribution in [2.75, 3.05) is 0 Å². The monoisotopic (exact) mass is 482 g/mol. The summed E-state index contributed by atoms with van der Waals surface area (Å²) in [7, 11) is 0. The van der Waals surface area contributed by atoms with Crippen LogP contribution in [0.2, 0.25) is 0 Å². The lowest BCUT2D eigenvalue weighted by Crippen LogP contribution is -1.86. The molecule has 178 valence electrons. The van der Waals surface area contributed by atoms with Gasteiger partial charge in [-0.15, -0.1) is 0 Å². The fourth-order valence-corrected chi connectivity index (χ4v) is 5.53. The molecule has 0 heteroatoms. The van der Waals surface area contributed by atoms with E-state index in [1.807, 2.05) is 0 Å². The highest BCUT2D eigenvalue weighted by Crippen LogP contribution is 2.36. The SMILES string of the molecule is C(=C\c1ccc(-c2c3ccccc3cc3ccccc23)cc1)/c1ccc(-c2cccc3ccccc23)cc1. The van der Waals surface area contributed by atoms with Crippen LogP contribution in [0.1, 0.15) is 11.1 Å². The zero-order valence-electron chi connectivity index (χ0n) is 21.0. The Morgan fingerprint density at radius 1 is 0.342 bits per heavy atom. The third kappa shape index (κ3) is 4.07. The number of hydrogen-bond donors (Lipinski definition) is 0. The average Bonchev–Trinajstić information content (AvgIpc) is 2.99. The Bertz CT molecular complexity index is 1880. The lowest BCUT2D eigenvalue weighted by atomic mass is 9.91. The van der Waals surface area contributed by atoms with Crippen LogP contribution < -0.4 is 0 Å². The highest BCUT2D eigenvalue weighted by molar-refractivity contribution is 6.12. The first-order chi connectivity index (χ1) is 18.8. The summed E-state index contributed by atoms with van der Waals surface area (Å²) in [6.45, 7) is 0. The minimum Gasteiger partial charge on any atom is -0.0616 e. The van der Waals surface area contributed by atoms with Gasteiger partial charge in [0.25, 0.3) is 0 Å². The maximum absolute atomic E-state index is 2.29. The fraction of sp³-hybridized carbons (Fsp3) is 0. The Labute approximate surface area is 223 Å². The molecule has 0 aliphatic carbocycles. The first kappa shape index (κ1) is 22.3. The molecule has 7 aromatic rings. The van der Waals surface area contributed by atoms with Crippen LogP contribution in [0.25, 0.3) is 66.7 Å². The van der Waals surface area contributed by atoms with E-state index in [1.165, 1.54) is 65.7 Å². The van der Waals surface area contributed by atoms with E-state index in [-0.39, 0.29) is 0 Å². The molecule has 0 saturated heterocycles. The second kappa shape index (κ2) is 9.50. The Hall–Kier alpha value is -4.94. The van der Waals surface area contributed by atoms with Gasteiger partial charge in [0, 0.05) is 0 Å². The quantitative estimate of drug-likeness (QED) is 0.173. The molecule has 0 aliphatic rings. The fourth-order valence-electron chi connectivity index (χ4n) is 5.53. The van der Waals surface area contributed by atoms with Crippen LogP contribution in [0.3, 0.4) is 0 Å². The number of rotatable bonds is 4. The summed E-state index contributed by atoms with van der Waals surface area (Å²) in [5.74, 6) is 0. The molecule has 0 aliphatic heterocycles. The highest BCUT2D eigenvalue weighted by Gasteiger charge is 2.09. The third-order valence-corrected chi connectivity index (χ3v) is 7.45. The van der Waals surface area contributed by atoms with E-state index < -0.39 is 0 Å². The molecule has 0 radical (unpaired) electrons. The van der Waals surface area contributed by atoms with Crippen molar-refractivity contribution in [3.05, 3.63) is 157 Å². The van der Waals surface area contributed by atoms with Crippen LogP contribution in [-0.2, 0) is 0 Å². The van der Waals surface area contributed by atoms with Gasteiger partial charge in [-0.2, -0.15) is 0 Å². The summed E-state index contributed by atoms with van der Waals surface area (Å²) in [5, 5.41) is 7.70. The molecule has 0 spiro atoms. The Kier molecular flexibility index (Phi) is 5.57. The topological polar surface area (TPSA) is 0 Å². The minimum atomic E-state index is 1.19. The van der Waals surface area contributed by atoms with Gasteiger partial charge in [-0.25, -0.2) is 0 Å². The molecule has 0 unspecified atom stereocenters. The predicted molar refractivity (Wildman–Crippen MR) is 165 cm³/mol. The van der Waals surface area contributed by atoms with E-state index in [1.54, 1.807) is 0 Å². The summed E-state index contributed by atoms with van der Waals surface area (Å²) in [4.78, 5) is 0. The molecule has 0 heterocycles. The van der Waals surface area contributed by atoms with Crippen LogP contribution in [0, 0.1) is 0 Å². The molecule has 0 nitrogen and oxygen atoms in total. The average molecular weight is 483 g/mol. The molecular weight excluding hydrogens is 456 g/mol. The maximum atomic E-state index is 2.29. The van der Waals surface area contributed by atoms with Gasteiger partial charge in [0.1, 0.15) is 0 Å². The van der Waals surface area contributed by atoms with Crippen molar-refractivity contribution < 1.29 is 0 Å². The molecule has 0 atom stereocenters. The highest BCUT2D eigenvalue weighted by atomic mass is 14.1. The second-order valence-corrected chi connectivity index (χ2v) is 9.80. The van der Waals surface area contributed by atoms with E-state index in [4.69, 9.17) is 0 Å². The normalized spacial score (nSPS) is 11.6. The van der Waals surface area contributed by atoms with E-state index in [0.717, 1.165) is 0 Å². The second-order valence-electron chi connectivity index (χ2n) is 9.80. The van der Waals surface area contributed by atoms with Gasteiger partial charge >= 0.3 is 0 Å². The van der Waals surface area contributed by atoms with Crippen molar-refractivity contribution in [3.8, 4) is 22.3 Å². The van der Waals surface area contributed by atoms with Crippen molar-refractivity contribution >= 4 is 44.5 Å². The molecule has 0 amide bonds. The third-order valence-electron chi connectivity index (χ3n) is 7.45. The first-order valence-electron chi connectivity index (χ1n) is 13.1. The number of benzene rings is 7. The molecule has 0 N–H and O–H groups in total. The van der Waals surface area contributed by atoms with E-state index >= 15 is 0 Å². The summed E-state index contributed by atoms with van der Waals surface area (Å²) < 4.78 is 0. The minimum absolute atomic E-state index is 1.19. The van der Waals surface area contributed by atoms with Crippen LogP contribution in [0.15, 0.2) is 146 Å². The smallest absolute Gasteiger partial charge is 0.00268 e. The summed E-state index contributed by atoms with van der Waals surface area (Å²) >= 11 is 0. The van der Waals surface area contributed by atoms with Gasteiger partial charge in [-0.05, 0) is 71.8 Å².